The zero-order chi connectivity index (χ0) is 18.2. The summed E-state index contributed by atoms with van der Waals surface area (Å²) in [4.78, 5) is 12.9. The Kier molecular flexibility index (Phi) is 5.26. The second-order valence-corrected chi connectivity index (χ2v) is 11.3. The maximum absolute atomic E-state index is 12.8. The lowest BCUT2D eigenvalue weighted by Crippen LogP contribution is -2.35. The van der Waals surface area contributed by atoms with E-state index in [9.17, 15) is 13.2 Å². The van der Waals surface area contributed by atoms with Crippen LogP contribution in [0, 0.1) is 17.3 Å². The molecular formula is C17H27N3O3S2. The van der Waals surface area contributed by atoms with Crippen molar-refractivity contribution in [1.82, 2.24) is 14.9 Å². The number of nitrogens with zero attached hydrogens (tertiary/aromatic N) is 1. The summed E-state index contributed by atoms with van der Waals surface area (Å²) < 4.78 is 27.7. The first-order valence-corrected chi connectivity index (χ1v) is 11.0. The Hall–Kier alpha value is -0.960. The molecule has 2 atom stereocenters. The van der Waals surface area contributed by atoms with Gasteiger partial charge in [0, 0.05) is 29.9 Å². The number of rotatable bonds is 5. The zero-order valence-corrected chi connectivity index (χ0v) is 16.7. The average molecular weight is 386 g/mol. The molecule has 0 bridgehead atoms. The summed E-state index contributed by atoms with van der Waals surface area (Å²) in [6.45, 7) is 9.22. The van der Waals surface area contributed by atoms with Gasteiger partial charge in [0.25, 0.3) is 10.0 Å². The average Bonchev–Trinajstić information content (AvgIpc) is 3.21. The number of amides is 1. The predicted molar refractivity (Wildman–Crippen MR) is 99.1 cm³/mol. The molecule has 0 spiro atoms. The number of sulfonamides is 1. The Balaban J connectivity index is 1.58. The van der Waals surface area contributed by atoms with Crippen LogP contribution in [0.15, 0.2) is 16.3 Å². The minimum Gasteiger partial charge on any atom is -0.355 e. The molecule has 0 aromatic carbocycles. The second kappa shape index (κ2) is 6.98. The Labute approximate surface area is 154 Å². The monoisotopic (exact) mass is 385 g/mol. The Morgan fingerprint density at radius 3 is 2.52 bits per heavy atom. The van der Waals surface area contributed by atoms with E-state index in [2.05, 4.69) is 10.6 Å². The molecule has 0 aliphatic carbocycles. The molecule has 3 rings (SSSR count). The highest BCUT2D eigenvalue weighted by Gasteiger charge is 2.41. The summed E-state index contributed by atoms with van der Waals surface area (Å²) in [5.74, 6) is 0.901. The summed E-state index contributed by atoms with van der Waals surface area (Å²) in [7, 11) is -3.39. The van der Waals surface area contributed by atoms with Crippen LogP contribution in [0.25, 0.3) is 0 Å². The molecule has 2 saturated heterocycles. The Morgan fingerprint density at radius 1 is 1.28 bits per heavy atom. The molecule has 0 radical (unpaired) electrons. The molecule has 2 N–H and O–H groups in total. The lowest BCUT2D eigenvalue weighted by molar-refractivity contribution is -0.128. The van der Waals surface area contributed by atoms with Gasteiger partial charge in [-0.15, -0.1) is 11.3 Å². The number of carbonyl (C=O) groups excluding carboxylic acids is 1. The maximum Gasteiger partial charge on any atom is 0.252 e. The fourth-order valence-electron chi connectivity index (χ4n) is 3.33. The van der Waals surface area contributed by atoms with Crippen molar-refractivity contribution < 1.29 is 13.2 Å². The van der Waals surface area contributed by atoms with Gasteiger partial charge in [0.2, 0.25) is 5.91 Å². The number of nitrogens with one attached hydrogen (secondary N) is 2. The van der Waals surface area contributed by atoms with Crippen molar-refractivity contribution in [2.45, 2.75) is 31.4 Å². The smallest absolute Gasteiger partial charge is 0.252 e. The molecule has 1 amide bonds. The molecule has 3 heterocycles. The van der Waals surface area contributed by atoms with Crippen molar-refractivity contribution in [3.05, 3.63) is 17.0 Å². The zero-order valence-electron chi connectivity index (χ0n) is 15.0. The van der Waals surface area contributed by atoms with E-state index in [-0.39, 0.29) is 5.91 Å². The number of carbonyl (C=O) groups is 1. The van der Waals surface area contributed by atoms with Gasteiger partial charge < -0.3 is 10.6 Å². The van der Waals surface area contributed by atoms with Gasteiger partial charge in [-0.2, -0.15) is 4.31 Å². The molecule has 8 heteroatoms. The lowest BCUT2D eigenvalue weighted by Gasteiger charge is -2.17. The third kappa shape index (κ3) is 4.07. The molecular weight excluding hydrogens is 358 g/mol. The van der Waals surface area contributed by atoms with Crippen molar-refractivity contribution in [3.63, 3.8) is 0 Å². The predicted octanol–water partition coefficient (Wildman–Crippen LogP) is 1.29. The van der Waals surface area contributed by atoms with Crippen molar-refractivity contribution in [1.29, 1.82) is 0 Å². The van der Waals surface area contributed by atoms with Crippen LogP contribution in [0.1, 0.15) is 25.6 Å². The standard InChI is InChI=1S/C17H27N3O3S2/c1-17(2,3)16(21)19-7-6-14-4-5-15(24-14)25(22,23)20-10-12-8-18-9-13(12)11-20/h4-5,12-13,18H,6-11H2,1-3H3,(H,19,21)/t12-,13+. The number of hydrogen-bond donors (Lipinski definition) is 2. The minimum atomic E-state index is -3.39. The van der Waals surface area contributed by atoms with Crippen LogP contribution >= 0.6 is 11.3 Å². The normalized spacial score (nSPS) is 24.4. The third-order valence-corrected chi connectivity index (χ3v) is 8.37. The summed E-state index contributed by atoms with van der Waals surface area (Å²) in [6.07, 6.45) is 0.650. The summed E-state index contributed by atoms with van der Waals surface area (Å²) in [5.41, 5.74) is -0.410. The van der Waals surface area contributed by atoms with Gasteiger partial charge >= 0.3 is 0 Å². The van der Waals surface area contributed by atoms with Gasteiger partial charge in [0.1, 0.15) is 4.21 Å². The molecule has 6 nitrogen and oxygen atoms in total. The second-order valence-electron chi connectivity index (χ2n) is 7.98. The number of thiophene rings is 1. The summed E-state index contributed by atoms with van der Waals surface area (Å²) in [5, 5.41) is 6.23. The fourth-order valence-corrected chi connectivity index (χ4v) is 6.39. The van der Waals surface area contributed by atoms with Crippen LogP contribution in [0.5, 0.6) is 0 Å². The van der Waals surface area contributed by atoms with Crippen LogP contribution in [-0.4, -0.2) is 51.4 Å². The van der Waals surface area contributed by atoms with E-state index in [1.165, 1.54) is 11.3 Å². The van der Waals surface area contributed by atoms with Gasteiger partial charge in [-0.1, -0.05) is 20.8 Å². The maximum atomic E-state index is 12.8. The van der Waals surface area contributed by atoms with Crippen molar-refractivity contribution in [2.75, 3.05) is 32.7 Å². The highest BCUT2D eigenvalue weighted by Crippen LogP contribution is 2.33. The summed E-state index contributed by atoms with van der Waals surface area (Å²) in [6, 6.07) is 3.56. The van der Waals surface area contributed by atoms with Gasteiger partial charge in [-0.3, -0.25) is 4.79 Å². The largest absolute Gasteiger partial charge is 0.355 e. The fraction of sp³-hybridized carbons (Fsp3) is 0.706. The van der Waals surface area contributed by atoms with E-state index in [0.717, 1.165) is 18.0 Å². The minimum absolute atomic E-state index is 0.00844. The first-order valence-electron chi connectivity index (χ1n) is 8.76. The van der Waals surface area contributed by atoms with Gasteiger partial charge in [0.15, 0.2) is 0 Å². The van der Waals surface area contributed by atoms with Crippen molar-refractivity contribution in [2.24, 2.45) is 17.3 Å². The van der Waals surface area contributed by atoms with E-state index >= 15 is 0 Å². The van der Waals surface area contributed by atoms with E-state index in [0.29, 0.717) is 42.1 Å². The third-order valence-electron chi connectivity index (χ3n) is 4.93. The molecule has 2 fully saturated rings. The highest BCUT2D eigenvalue weighted by atomic mass is 32.2. The number of hydrogen-bond acceptors (Lipinski definition) is 5. The number of fused-ring (bicyclic) bond motifs is 1. The molecule has 140 valence electrons. The van der Waals surface area contributed by atoms with E-state index in [1.54, 1.807) is 10.4 Å². The van der Waals surface area contributed by atoms with Gasteiger partial charge in [-0.25, -0.2) is 8.42 Å². The quantitative estimate of drug-likeness (QED) is 0.801. The highest BCUT2D eigenvalue weighted by molar-refractivity contribution is 7.91. The first kappa shape index (κ1) is 18.8. The molecule has 25 heavy (non-hydrogen) atoms. The van der Waals surface area contributed by atoms with Crippen LogP contribution in [-0.2, 0) is 21.2 Å². The molecule has 1 aromatic heterocycles. The molecule has 0 unspecified atom stereocenters. The molecule has 2 aliphatic heterocycles. The molecule has 0 saturated carbocycles. The van der Waals surface area contributed by atoms with E-state index in [1.807, 2.05) is 26.8 Å². The van der Waals surface area contributed by atoms with Crippen LogP contribution in [0.4, 0.5) is 0 Å². The molecule has 1 aromatic rings. The van der Waals surface area contributed by atoms with Gasteiger partial charge in [-0.05, 0) is 43.5 Å². The topological polar surface area (TPSA) is 78.5 Å². The summed E-state index contributed by atoms with van der Waals surface area (Å²) >= 11 is 1.32. The van der Waals surface area contributed by atoms with Crippen LogP contribution < -0.4 is 10.6 Å². The van der Waals surface area contributed by atoms with Crippen LogP contribution in [0.3, 0.4) is 0 Å². The Morgan fingerprint density at radius 2 is 1.92 bits per heavy atom. The molecule has 2 aliphatic rings. The lowest BCUT2D eigenvalue weighted by atomic mass is 9.96. The van der Waals surface area contributed by atoms with E-state index in [4.69, 9.17) is 0 Å². The van der Waals surface area contributed by atoms with Crippen molar-refractivity contribution in [3.8, 4) is 0 Å². The van der Waals surface area contributed by atoms with Gasteiger partial charge in [0.05, 0.1) is 0 Å². The first-order chi connectivity index (χ1) is 11.7. The van der Waals surface area contributed by atoms with Crippen molar-refractivity contribution >= 4 is 27.3 Å². The Bertz CT molecular complexity index is 725. The SMILES string of the molecule is CC(C)(C)C(=O)NCCc1ccc(S(=O)(=O)N2C[C@H]3CNC[C@H]3C2)s1. The van der Waals surface area contributed by atoms with Crippen LogP contribution in [0.2, 0.25) is 0 Å². The van der Waals surface area contributed by atoms with E-state index < -0.39 is 15.4 Å².